The summed E-state index contributed by atoms with van der Waals surface area (Å²) in [5.41, 5.74) is 0. The molecular weight excluding hydrogens is 247 g/mol. The molecule has 0 rings (SSSR count). The van der Waals surface area contributed by atoms with Crippen molar-refractivity contribution in [2.45, 2.75) is 110 Å². The van der Waals surface area contributed by atoms with Crippen LogP contribution in [0.15, 0.2) is 0 Å². The average molecular weight is 287 g/mol. The van der Waals surface area contributed by atoms with Gasteiger partial charge in [0.25, 0.3) is 0 Å². The molecule has 0 spiro atoms. The molecular formula is C18H40P+. The van der Waals surface area contributed by atoms with Crippen molar-refractivity contribution in [2.24, 2.45) is 0 Å². The fraction of sp³-hybridized carbons (Fsp3) is 1.00. The summed E-state index contributed by atoms with van der Waals surface area (Å²) < 4.78 is 0. The first-order valence-corrected chi connectivity index (χ1v) is 10.2. The van der Waals surface area contributed by atoms with Crippen LogP contribution in [0.25, 0.3) is 0 Å². The molecule has 1 atom stereocenters. The van der Waals surface area contributed by atoms with E-state index in [9.17, 15) is 0 Å². The van der Waals surface area contributed by atoms with Gasteiger partial charge in [0.2, 0.25) is 0 Å². The summed E-state index contributed by atoms with van der Waals surface area (Å²) in [6, 6.07) is 0. The molecule has 0 nitrogen and oxygen atoms in total. The number of hydrogen-bond acceptors (Lipinski definition) is 0. The Kier molecular flexibility index (Phi) is 18.8. The number of rotatable bonds is 16. The maximum Gasteiger partial charge on any atom is 0.0526 e. The Bertz CT molecular complexity index is 129. The molecule has 116 valence electrons. The molecule has 0 amide bonds. The number of hydrogen-bond donors (Lipinski definition) is 0. The van der Waals surface area contributed by atoms with E-state index in [0.29, 0.717) is 0 Å². The summed E-state index contributed by atoms with van der Waals surface area (Å²) in [7, 11) is 2.12. The van der Waals surface area contributed by atoms with Crippen molar-refractivity contribution in [2.75, 3.05) is 6.16 Å². The second-order valence-electron chi connectivity index (χ2n) is 6.16. The third-order valence-electron chi connectivity index (χ3n) is 4.10. The van der Waals surface area contributed by atoms with Crippen LogP contribution in [-0.2, 0) is 0 Å². The van der Waals surface area contributed by atoms with E-state index in [2.05, 4.69) is 16.2 Å². The van der Waals surface area contributed by atoms with Gasteiger partial charge in [-0.15, -0.1) is 0 Å². The molecule has 0 aliphatic carbocycles. The highest BCUT2D eigenvalue weighted by Gasteiger charge is 1.94. The molecule has 19 heavy (non-hydrogen) atoms. The van der Waals surface area contributed by atoms with E-state index in [1.165, 1.54) is 109 Å². The van der Waals surface area contributed by atoms with Crippen LogP contribution in [0.3, 0.4) is 0 Å². The lowest BCUT2D eigenvalue weighted by atomic mass is 10.0. The second-order valence-corrected chi connectivity index (χ2v) is 6.86. The van der Waals surface area contributed by atoms with Gasteiger partial charge in [0.1, 0.15) is 0 Å². The summed E-state index contributed by atoms with van der Waals surface area (Å²) >= 11 is 0. The van der Waals surface area contributed by atoms with Crippen LogP contribution < -0.4 is 0 Å². The zero-order valence-corrected chi connectivity index (χ0v) is 15.1. The highest BCUT2D eigenvalue weighted by Crippen LogP contribution is 2.13. The van der Waals surface area contributed by atoms with Crippen molar-refractivity contribution < 1.29 is 0 Å². The molecule has 0 aliphatic heterocycles. The summed E-state index contributed by atoms with van der Waals surface area (Å²) in [4.78, 5) is 0. The largest absolute Gasteiger partial charge is 0.0654 e. The molecule has 0 bridgehead atoms. The SMILES string of the molecule is CCCCCCCCCCCCCCCCCC[PH3+]. The van der Waals surface area contributed by atoms with Gasteiger partial charge >= 0.3 is 0 Å². The van der Waals surface area contributed by atoms with Crippen LogP contribution in [0, 0.1) is 0 Å². The van der Waals surface area contributed by atoms with Gasteiger partial charge in [-0.3, -0.25) is 0 Å². The smallest absolute Gasteiger partial charge is 0.0526 e. The Morgan fingerprint density at radius 1 is 0.421 bits per heavy atom. The maximum atomic E-state index is 2.30. The Morgan fingerprint density at radius 2 is 0.684 bits per heavy atom. The molecule has 1 unspecified atom stereocenters. The molecule has 0 heterocycles. The van der Waals surface area contributed by atoms with Crippen LogP contribution in [-0.4, -0.2) is 6.16 Å². The number of unbranched alkanes of at least 4 members (excludes halogenated alkanes) is 15. The molecule has 0 aromatic rings. The van der Waals surface area contributed by atoms with Gasteiger partial charge < -0.3 is 0 Å². The first-order chi connectivity index (χ1) is 9.41. The van der Waals surface area contributed by atoms with Crippen molar-refractivity contribution in [3.05, 3.63) is 0 Å². The zero-order chi connectivity index (χ0) is 14.0. The molecule has 0 saturated carbocycles. The van der Waals surface area contributed by atoms with E-state index < -0.39 is 0 Å². The molecule has 0 aromatic carbocycles. The Balaban J connectivity index is 2.88. The van der Waals surface area contributed by atoms with Crippen LogP contribution in [0.1, 0.15) is 110 Å². The minimum Gasteiger partial charge on any atom is -0.0654 e. The van der Waals surface area contributed by atoms with Crippen LogP contribution >= 0.6 is 9.24 Å². The maximum absolute atomic E-state index is 2.30. The molecule has 0 radical (unpaired) electrons. The molecule has 0 N–H and O–H groups in total. The molecule has 0 saturated heterocycles. The van der Waals surface area contributed by atoms with E-state index in [1.807, 2.05) is 0 Å². The Hall–Kier alpha value is 0.430. The monoisotopic (exact) mass is 287 g/mol. The van der Waals surface area contributed by atoms with Crippen molar-refractivity contribution in [3.8, 4) is 0 Å². The fourth-order valence-corrected chi connectivity index (χ4v) is 3.08. The van der Waals surface area contributed by atoms with Crippen LogP contribution in [0.5, 0.6) is 0 Å². The van der Waals surface area contributed by atoms with Gasteiger partial charge in [0.05, 0.1) is 6.16 Å². The first kappa shape index (κ1) is 19.4. The minimum atomic E-state index is 1.37. The lowest BCUT2D eigenvalue weighted by Crippen LogP contribution is -1.83. The zero-order valence-electron chi connectivity index (χ0n) is 13.7. The standard InChI is InChI=1S/C18H39P/c1-2-3-4-5-6-7-8-9-10-11-12-13-14-15-16-17-18-19/h2-19H2,1H3/p+1. The quantitative estimate of drug-likeness (QED) is 0.215. The van der Waals surface area contributed by atoms with Gasteiger partial charge in [0.15, 0.2) is 0 Å². The van der Waals surface area contributed by atoms with Gasteiger partial charge in [0, 0.05) is 0 Å². The van der Waals surface area contributed by atoms with E-state index >= 15 is 0 Å². The normalized spacial score (nSPS) is 11.2. The van der Waals surface area contributed by atoms with E-state index in [-0.39, 0.29) is 0 Å². The van der Waals surface area contributed by atoms with Gasteiger partial charge in [-0.1, -0.05) is 96.8 Å². The summed E-state index contributed by atoms with van der Waals surface area (Å²) in [5, 5.41) is 0. The van der Waals surface area contributed by atoms with E-state index in [1.54, 1.807) is 0 Å². The topological polar surface area (TPSA) is 0 Å². The third-order valence-corrected chi connectivity index (χ3v) is 4.60. The van der Waals surface area contributed by atoms with Crippen molar-refractivity contribution >= 4 is 9.24 Å². The Morgan fingerprint density at radius 3 is 0.947 bits per heavy atom. The minimum absolute atomic E-state index is 1.37. The van der Waals surface area contributed by atoms with Gasteiger partial charge in [-0.2, -0.15) is 0 Å². The lowest BCUT2D eigenvalue weighted by Gasteiger charge is -2.03. The van der Waals surface area contributed by atoms with Crippen molar-refractivity contribution in [1.29, 1.82) is 0 Å². The summed E-state index contributed by atoms with van der Waals surface area (Å²) in [5.74, 6) is 0. The molecule has 0 fully saturated rings. The summed E-state index contributed by atoms with van der Waals surface area (Å²) in [6.45, 7) is 2.30. The molecule has 0 aromatic heterocycles. The second kappa shape index (κ2) is 18.4. The van der Waals surface area contributed by atoms with E-state index in [0.717, 1.165) is 0 Å². The molecule has 0 aliphatic rings. The van der Waals surface area contributed by atoms with Crippen molar-refractivity contribution in [1.82, 2.24) is 0 Å². The first-order valence-electron chi connectivity index (χ1n) is 9.21. The lowest BCUT2D eigenvalue weighted by molar-refractivity contribution is 0.531. The van der Waals surface area contributed by atoms with E-state index in [4.69, 9.17) is 0 Å². The van der Waals surface area contributed by atoms with Crippen LogP contribution in [0.4, 0.5) is 0 Å². The third kappa shape index (κ3) is 18.4. The molecule has 1 heteroatoms. The highest BCUT2D eigenvalue weighted by atomic mass is 31.0. The highest BCUT2D eigenvalue weighted by molar-refractivity contribution is 7.16. The average Bonchev–Trinajstić information content (AvgIpc) is 2.43. The Labute approximate surface area is 125 Å². The van der Waals surface area contributed by atoms with Gasteiger partial charge in [-0.05, 0) is 22.1 Å². The predicted octanol–water partition coefficient (Wildman–Crippen LogP) is 6.86. The van der Waals surface area contributed by atoms with Gasteiger partial charge in [-0.25, -0.2) is 0 Å². The van der Waals surface area contributed by atoms with Crippen LogP contribution in [0.2, 0.25) is 0 Å². The van der Waals surface area contributed by atoms with Crippen molar-refractivity contribution in [3.63, 3.8) is 0 Å². The fourth-order valence-electron chi connectivity index (χ4n) is 2.72. The predicted molar refractivity (Wildman–Crippen MR) is 95.5 cm³/mol. The summed E-state index contributed by atoms with van der Waals surface area (Å²) in [6.07, 6.45) is 25.0.